The number of hydrogen-bond acceptors (Lipinski definition) is 4. The Morgan fingerprint density at radius 2 is 1.77 bits per heavy atom. The molecule has 1 unspecified atom stereocenters. The van der Waals surface area contributed by atoms with E-state index in [-0.39, 0.29) is 36.4 Å². The number of nitrogens with zero attached hydrogens (tertiary/aromatic N) is 2. The van der Waals surface area contributed by atoms with Crippen molar-refractivity contribution in [2.75, 3.05) is 30.1 Å². The van der Waals surface area contributed by atoms with Gasteiger partial charge < -0.3 is 14.4 Å². The Kier molecular flexibility index (Phi) is 6.29. The van der Waals surface area contributed by atoms with Gasteiger partial charge in [-0.1, -0.05) is 6.92 Å². The van der Waals surface area contributed by atoms with E-state index < -0.39 is 11.9 Å². The second-order valence-electron chi connectivity index (χ2n) is 7.32. The number of hydrogen-bond donors (Lipinski definition) is 0. The Labute approximate surface area is 176 Å². The number of halogens is 1. The van der Waals surface area contributed by atoms with Gasteiger partial charge in [-0.2, -0.15) is 0 Å². The predicted octanol–water partition coefficient (Wildman–Crippen LogP) is 4.85. The molecule has 160 valence electrons. The van der Waals surface area contributed by atoms with Crippen molar-refractivity contribution < 1.29 is 23.5 Å². The minimum absolute atomic E-state index is 0.0805. The van der Waals surface area contributed by atoms with Crippen LogP contribution in [0.5, 0.6) is 5.75 Å². The third kappa shape index (κ3) is 3.84. The number of rotatable bonds is 4. The number of carbonyl (C=O) groups excluding carboxylic acids is 2. The number of fused-ring (bicyclic) bond motifs is 1. The van der Waals surface area contributed by atoms with Crippen LogP contribution in [0.15, 0.2) is 30.3 Å². The Hall–Kier alpha value is -3.09. The topological polar surface area (TPSA) is 59.1 Å². The summed E-state index contributed by atoms with van der Waals surface area (Å²) < 4.78 is 24.5. The molecule has 2 aromatic carbocycles. The van der Waals surface area contributed by atoms with E-state index in [1.807, 2.05) is 32.9 Å². The van der Waals surface area contributed by atoms with Gasteiger partial charge in [0.1, 0.15) is 0 Å². The third-order valence-electron chi connectivity index (χ3n) is 5.48. The summed E-state index contributed by atoms with van der Waals surface area (Å²) in [4.78, 5) is 29.3. The quantitative estimate of drug-likeness (QED) is 0.717. The minimum atomic E-state index is -0.596. The van der Waals surface area contributed by atoms with Crippen molar-refractivity contribution in [2.24, 2.45) is 0 Å². The summed E-state index contributed by atoms with van der Waals surface area (Å²) in [5.74, 6) is -0.846. The van der Waals surface area contributed by atoms with Crippen LogP contribution in [-0.2, 0) is 4.74 Å². The molecule has 0 aromatic heterocycles. The van der Waals surface area contributed by atoms with E-state index in [4.69, 9.17) is 9.47 Å². The third-order valence-corrected chi connectivity index (χ3v) is 5.48. The fraction of sp³-hybridized carbons (Fsp3) is 0.391. The van der Waals surface area contributed by atoms with Crippen LogP contribution in [0, 0.1) is 19.7 Å². The van der Waals surface area contributed by atoms with E-state index in [1.165, 1.54) is 19.2 Å². The van der Waals surface area contributed by atoms with E-state index in [0.717, 1.165) is 11.1 Å². The number of anilines is 2. The van der Waals surface area contributed by atoms with Crippen LogP contribution in [-0.4, -0.2) is 38.3 Å². The first kappa shape index (κ1) is 21.6. The summed E-state index contributed by atoms with van der Waals surface area (Å²) in [6.45, 7) is 8.18. The zero-order valence-electron chi connectivity index (χ0n) is 18.0. The Bertz CT molecular complexity index is 976. The average molecular weight is 414 g/mol. The van der Waals surface area contributed by atoms with Crippen molar-refractivity contribution in [3.8, 4) is 5.75 Å². The lowest BCUT2D eigenvalue weighted by atomic mass is 9.99. The number of ether oxygens (including phenoxy) is 2. The maximum absolute atomic E-state index is 14.2. The number of carbonyl (C=O) groups is 2. The van der Waals surface area contributed by atoms with Gasteiger partial charge in [-0.3, -0.25) is 9.69 Å². The summed E-state index contributed by atoms with van der Waals surface area (Å²) in [5.41, 5.74) is 3.44. The zero-order valence-corrected chi connectivity index (χ0v) is 18.0. The lowest BCUT2D eigenvalue weighted by molar-refractivity contribution is 0.0981. The second kappa shape index (κ2) is 8.73. The first-order valence-electron chi connectivity index (χ1n) is 10.0. The standard InChI is InChI=1S/C23H27FN2O4/c1-6-17-13-25(22(27)16-8-9-21(29-5)18(24)12-16)19-10-14(3)15(4)11-20(19)26(17)23(28)30-7-2/h8-12,17H,6-7,13H2,1-5H3. The Morgan fingerprint density at radius 1 is 1.10 bits per heavy atom. The number of amides is 2. The Morgan fingerprint density at radius 3 is 2.33 bits per heavy atom. The Balaban J connectivity index is 2.10. The molecule has 0 saturated heterocycles. The summed E-state index contributed by atoms with van der Waals surface area (Å²) in [5, 5.41) is 0. The van der Waals surface area contributed by atoms with Crippen LogP contribution in [0.1, 0.15) is 41.8 Å². The van der Waals surface area contributed by atoms with Gasteiger partial charge in [-0.15, -0.1) is 0 Å². The molecule has 0 aliphatic carbocycles. The molecule has 7 heteroatoms. The molecule has 0 spiro atoms. The predicted molar refractivity (Wildman–Crippen MR) is 114 cm³/mol. The average Bonchev–Trinajstić information content (AvgIpc) is 2.73. The summed E-state index contributed by atoms with van der Waals surface area (Å²) in [7, 11) is 1.38. The number of aryl methyl sites for hydroxylation is 2. The molecule has 0 N–H and O–H groups in total. The highest BCUT2D eigenvalue weighted by molar-refractivity contribution is 6.10. The highest BCUT2D eigenvalue weighted by Crippen LogP contribution is 2.39. The van der Waals surface area contributed by atoms with Gasteiger partial charge in [0.15, 0.2) is 11.6 Å². The van der Waals surface area contributed by atoms with Crippen molar-refractivity contribution in [2.45, 2.75) is 40.2 Å². The van der Waals surface area contributed by atoms with Gasteiger partial charge in [0.25, 0.3) is 5.91 Å². The molecule has 1 atom stereocenters. The number of benzene rings is 2. The van der Waals surface area contributed by atoms with Crippen LogP contribution in [0.2, 0.25) is 0 Å². The second-order valence-corrected chi connectivity index (χ2v) is 7.32. The molecule has 0 saturated carbocycles. The first-order valence-corrected chi connectivity index (χ1v) is 10.0. The summed E-state index contributed by atoms with van der Waals surface area (Å²) >= 11 is 0. The van der Waals surface area contributed by atoms with Crippen LogP contribution < -0.4 is 14.5 Å². The fourth-order valence-electron chi connectivity index (χ4n) is 3.68. The normalized spacial score (nSPS) is 15.6. The molecule has 30 heavy (non-hydrogen) atoms. The minimum Gasteiger partial charge on any atom is -0.494 e. The van der Waals surface area contributed by atoms with E-state index in [9.17, 15) is 14.0 Å². The van der Waals surface area contributed by atoms with E-state index in [1.54, 1.807) is 22.8 Å². The molecule has 1 aliphatic heterocycles. The van der Waals surface area contributed by atoms with Crippen LogP contribution in [0.25, 0.3) is 0 Å². The molecule has 3 rings (SSSR count). The molecular weight excluding hydrogens is 387 g/mol. The van der Waals surface area contributed by atoms with E-state index in [0.29, 0.717) is 17.8 Å². The van der Waals surface area contributed by atoms with Crippen LogP contribution >= 0.6 is 0 Å². The monoisotopic (exact) mass is 414 g/mol. The molecule has 0 fully saturated rings. The zero-order chi connectivity index (χ0) is 22.0. The molecule has 2 amide bonds. The lowest BCUT2D eigenvalue weighted by Gasteiger charge is -2.42. The van der Waals surface area contributed by atoms with Crippen molar-refractivity contribution in [1.82, 2.24) is 0 Å². The van der Waals surface area contributed by atoms with Gasteiger partial charge in [0, 0.05) is 12.1 Å². The SMILES string of the molecule is CCOC(=O)N1c2cc(C)c(C)cc2N(C(=O)c2ccc(OC)c(F)c2)CC1CC. The van der Waals surface area contributed by atoms with E-state index >= 15 is 0 Å². The molecule has 1 heterocycles. The fourth-order valence-corrected chi connectivity index (χ4v) is 3.68. The summed E-state index contributed by atoms with van der Waals surface area (Å²) in [6.07, 6.45) is 0.197. The molecule has 2 aromatic rings. The summed E-state index contributed by atoms with van der Waals surface area (Å²) in [6, 6.07) is 7.70. The van der Waals surface area contributed by atoms with Gasteiger partial charge in [0.05, 0.1) is 31.1 Å². The highest BCUT2D eigenvalue weighted by Gasteiger charge is 2.37. The van der Waals surface area contributed by atoms with Crippen molar-refractivity contribution in [1.29, 1.82) is 0 Å². The van der Waals surface area contributed by atoms with Crippen LogP contribution in [0.4, 0.5) is 20.6 Å². The van der Waals surface area contributed by atoms with Gasteiger partial charge in [-0.05, 0) is 68.7 Å². The molecule has 0 radical (unpaired) electrons. The first-order chi connectivity index (χ1) is 14.3. The van der Waals surface area contributed by atoms with Crippen molar-refractivity contribution >= 4 is 23.4 Å². The largest absolute Gasteiger partial charge is 0.494 e. The maximum atomic E-state index is 14.2. The van der Waals surface area contributed by atoms with Gasteiger partial charge >= 0.3 is 6.09 Å². The molecule has 0 bridgehead atoms. The molecular formula is C23H27FN2O4. The number of methoxy groups -OCH3 is 1. The molecule has 6 nitrogen and oxygen atoms in total. The van der Waals surface area contributed by atoms with E-state index in [2.05, 4.69) is 0 Å². The highest BCUT2D eigenvalue weighted by atomic mass is 19.1. The molecule has 1 aliphatic rings. The van der Waals surface area contributed by atoms with Gasteiger partial charge in [0.2, 0.25) is 0 Å². The van der Waals surface area contributed by atoms with Crippen molar-refractivity contribution in [3.05, 3.63) is 52.8 Å². The van der Waals surface area contributed by atoms with Gasteiger partial charge in [-0.25, -0.2) is 9.18 Å². The lowest BCUT2D eigenvalue weighted by Crippen LogP contribution is -2.53. The van der Waals surface area contributed by atoms with Crippen LogP contribution in [0.3, 0.4) is 0 Å². The van der Waals surface area contributed by atoms with Crippen molar-refractivity contribution in [3.63, 3.8) is 0 Å². The smallest absolute Gasteiger partial charge is 0.414 e. The maximum Gasteiger partial charge on any atom is 0.414 e.